The summed E-state index contributed by atoms with van der Waals surface area (Å²) in [6.45, 7) is 1.43. The summed E-state index contributed by atoms with van der Waals surface area (Å²) in [5, 5.41) is 23.5. The first kappa shape index (κ1) is 24.9. The number of aromatic nitrogens is 1. The number of non-ortho nitro benzene ring substituents is 1. The van der Waals surface area contributed by atoms with Crippen LogP contribution in [0.1, 0.15) is 18.9 Å². The molecule has 190 valence electrons. The van der Waals surface area contributed by atoms with Crippen LogP contribution < -0.4 is 5.32 Å². The van der Waals surface area contributed by atoms with Crippen molar-refractivity contribution in [2.24, 2.45) is 5.92 Å². The number of aliphatic hydroxyl groups is 1. The summed E-state index contributed by atoms with van der Waals surface area (Å²) in [4.78, 5) is 53.7. The third kappa shape index (κ3) is 4.68. The van der Waals surface area contributed by atoms with Gasteiger partial charge >= 0.3 is 5.97 Å². The van der Waals surface area contributed by atoms with E-state index in [0.29, 0.717) is 33.3 Å². The molecule has 2 amide bonds. The van der Waals surface area contributed by atoms with Gasteiger partial charge in [-0.1, -0.05) is 11.8 Å². The molecule has 0 radical (unpaired) electrons. The van der Waals surface area contributed by atoms with E-state index in [9.17, 15) is 29.6 Å². The van der Waals surface area contributed by atoms with E-state index >= 15 is 0 Å². The average Bonchev–Trinajstić information content (AvgIpc) is 3.40. The Labute approximate surface area is 218 Å². The molecule has 3 aromatic rings. The Kier molecular flexibility index (Phi) is 6.67. The molecule has 13 heteroatoms. The molecule has 3 atom stereocenters. The Balaban J connectivity index is 1.39. The van der Waals surface area contributed by atoms with Crippen molar-refractivity contribution >= 4 is 63.0 Å². The highest BCUT2D eigenvalue weighted by atomic mass is 32.2. The minimum absolute atomic E-state index is 0.0738. The number of nitrogens with zero attached hydrogens (tertiary/aromatic N) is 3. The van der Waals surface area contributed by atoms with Crippen LogP contribution in [0.3, 0.4) is 0 Å². The van der Waals surface area contributed by atoms with Gasteiger partial charge in [0.05, 0.1) is 33.2 Å². The molecule has 11 nitrogen and oxygen atoms in total. The van der Waals surface area contributed by atoms with Crippen molar-refractivity contribution in [1.82, 2.24) is 9.88 Å². The highest BCUT2D eigenvalue weighted by Gasteiger charge is 2.57. The normalized spacial score (nSPS) is 19.4. The van der Waals surface area contributed by atoms with Crippen LogP contribution in [0.25, 0.3) is 10.2 Å². The maximum absolute atomic E-state index is 13.2. The quantitative estimate of drug-likeness (QED) is 0.137. The van der Waals surface area contributed by atoms with Gasteiger partial charge in [-0.05, 0) is 42.8 Å². The zero-order chi connectivity index (χ0) is 26.3. The molecule has 1 aromatic heterocycles. The van der Waals surface area contributed by atoms with E-state index in [2.05, 4.69) is 10.3 Å². The first-order valence-corrected chi connectivity index (χ1v) is 12.8. The number of benzene rings is 2. The zero-order valence-electron chi connectivity index (χ0n) is 19.3. The number of β-lactam (4-membered cyclic amide) rings is 1. The molecule has 37 heavy (non-hydrogen) atoms. The number of nitro benzene ring substituents is 1. The van der Waals surface area contributed by atoms with Gasteiger partial charge in [-0.2, -0.15) is 0 Å². The molecular formula is C24H20N4O7S2. The average molecular weight is 541 g/mol. The van der Waals surface area contributed by atoms with Gasteiger partial charge in [-0.25, -0.2) is 9.78 Å². The molecule has 5 rings (SSSR count). The van der Waals surface area contributed by atoms with E-state index in [1.165, 1.54) is 52.3 Å². The number of thioether (sulfide) groups is 1. The van der Waals surface area contributed by atoms with Gasteiger partial charge in [0.15, 0.2) is 4.34 Å². The Hall–Kier alpha value is -3.81. The molecule has 2 aliphatic heterocycles. The number of hydrogen-bond donors (Lipinski definition) is 2. The van der Waals surface area contributed by atoms with Crippen LogP contribution in [0.15, 0.2) is 57.4 Å². The predicted octanol–water partition coefficient (Wildman–Crippen LogP) is 3.43. The van der Waals surface area contributed by atoms with E-state index in [1.807, 2.05) is 0 Å². The zero-order valence-corrected chi connectivity index (χ0v) is 21.0. The first-order chi connectivity index (χ1) is 17.8. The van der Waals surface area contributed by atoms with Crippen molar-refractivity contribution in [2.45, 2.75) is 36.4 Å². The van der Waals surface area contributed by atoms with Gasteiger partial charge in [0, 0.05) is 29.1 Å². The molecule has 1 fully saturated rings. The molecule has 2 aliphatic rings. The fourth-order valence-corrected chi connectivity index (χ4v) is 6.82. The molecule has 1 saturated heterocycles. The van der Waals surface area contributed by atoms with Crippen LogP contribution in [0, 0.1) is 16.0 Å². The summed E-state index contributed by atoms with van der Waals surface area (Å²) < 4.78 is 6.98. The lowest BCUT2D eigenvalue weighted by atomic mass is 9.83. The lowest BCUT2D eigenvalue weighted by Crippen LogP contribution is -2.61. The van der Waals surface area contributed by atoms with Crippen LogP contribution >= 0.6 is 23.1 Å². The Morgan fingerprint density at radius 2 is 2.14 bits per heavy atom. The van der Waals surface area contributed by atoms with E-state index in [1.54, 1.807) is 25.1 Å². The fraction of sp³-hybridized carbons (Fsp3) is 0.250. The van der Waals surface area contributed by atoms with E-state index in [4.69, 9.17) is 4.74 Å². The van der Waals surface area contributed by atoms with Crippen molar-refractivity contribution in [3.63, 3.8) is 0 Å². The van der Waals surface area contributed by atoms with Crippen molar-refractivity contribution in [1.29, 1.82) is 0 Å². The van der Waals surface area contributed by atoms with E-state index < -0.39 is 22.9 Å². The molecular weight excluding hydrogens is 520 g/mol. The lowest BCUT2D eigenvalue weighted by molar-refractivity contribution is -0.384. The third-order valence-corrected chi connectivity index (χ3v) is 8.39. The maximum Gasteiger partial charge on any atom is 0.356 e. The number of esters is 1. The standard InChI is InChI=1S/C24H20N4O7S2/c1-12(30)20-17-9-19(37-24-26-16-7-4-14(25-11-29)8-18(16)36-24)21(27(17)22(20)31)23(32)35-10-13-2-5-15(6-3-13)28(33)34/h2-8,11-12,17,20,30H,9-10H2,1H3,(H,25,29)/t12-,17-,20-/m1/s1. The summed E-state index contributed by atoms with van der Waals surface area (Å²) in [6.07, 6.45) is 0.110. The predicted molar refractivity (Wildman–Crippen MR) is 136 cm³/mol. The number of nitro groups is 1. The molecule has 0 bridgehead atoms. The van der Waals surface area contributed by atoms with Gasteiger partial charge in [0.25, 0.3) is 5.69 Å². The summed E-state index contributed by atoms with van der Waals surface area (Å²) >= 11 is 2.65. The van der Waals surface area contributed by atoms with Crippen molar-refractivity contribution in [2.75, 3.05) is 5.32 Å². The topological polar surface area (TPSA) is 152 Å². The molecule has 0 saturated carbocycles. The number of fused-ring (bicyclic) bond motifs is 2. The number of carbonyl (C=O) groups is 3. The van der Waals surface area contributed by atoms with Gasteiger partial charge in [-0.15, -0.1) is 11.3 Å². The van der Waals surface area contributed by atoms with Crippen molar-refractivity contribution in [3.05, 3.63) is 68.7 Å². The minimum Gasteiger partial charge on any atom is -0.456 e. The van der Waals surface area contributed by atoms with E-state index in [0.717, 1.165) is 10.2 Å². The van der Waals surface area contributed by atoms with Crippen LogP contribution in [0.5, 0.6) is 0 Å². The monoisotopic (exact) mass is 540 g/mol. The number of carbonyl (C=O) groups excluding carboxylic acids is 3. The number of amides is 2. The number of anilines is 1. The van der Waals surface area contributed by atoms with Crippen LogP contribution in [0.2, 0.25) is 0 Å². The highest BCUT2D eigenvalue weighted by molar-refractivity contribution is 8.04. The van der Waals surface area contributed by atoms with Crippen LogP contribution in [-0.4, -0.2) is 50.3 Å². The SMILES string of the molecule is C[C@@H](O)[C@H]1C(=O)N2C(C(=O)OCc3ccc([N+](=O)[O-])cc3)=C(Sc3nc4ccc(NC=O)cc4s3)C[C@H]12. The molecule has 0 aliphatic carbocycles. The highest BCUT2D eigenvalue weighted by Crippen LogP contribution is 2.50. The molecule has 2 aromatic carbocycles. The Morgan fingerprint density at radius 1 is 1.38 bits per heavy atom. The van der Waals surface area contributed by atoms with Gasteiger partial charge in [-0.3, -0.25) is 19.7 Å². The minimum atomic E-state index is -0.860. The van der Waals surface area contributed by atoms with Crippen molar-refractivity contribution in [3.8, 4) is 0 Å². The first-order valence-electron chi connectivity index (χ1n) is 11.2. The van der Waals surface area contributed by atoms with E-state index in [-0.39, 0.29) is 29.9 Å². The van der Waals surface area contributed by atoms with Gasteiger partial charge in [0.1, 0.15) is 12.3 Å². The fourth-order valence-electron chi connectivity index (χ4n) is 4.45. The van der Waals surface area contributed by atoms with Crippen LogP contribution in [0.4, 0.5) is 11.4 Å². The second-order valence-electron chi connectivity index (χ2n) is 8.54. The smallest absolute Gasteiger partial charge is 0.356 e. The number of hydrogen-bond acceptors (Lipinski definition) is 10. The number of ether oxygens (including phenoxy) is 1. The van der Waals surface area contributed by atoms with Gasteiger partial charge < -0.3 is 20.1 Å². The Morgan fingerprint density at radius 3 is 2.81 bits per heavy atom. The molecule has 0 unspecified atom stereocenters. The molecule has 3 heterocycles. The number of rotatable bonds is 9. The summed E-state index contributed by atoms with van der Waals surface area (Å²) in [5.41, 5.74) is 1.97. The number of thiazole rings is 1. The van der Waals surface area contributed by atoms with Gasteiger partial charge in [0.2, 0.25) is 12.3 Å². The number of aliphatic hydroxyl groups excluding tert-OH is 1. The lowest BCUT2D eigenvalue weighted by Gasteiger charge is -2.44. The largest absolute Gasteiger partial charge is 0.456 e. The molecule has 0 spiro atoms. The number of nitrogens with one attached hydrogen (secondary N) is 1. The summed E-state index contributed by atoms with van der Waals surface area (Å²) in [5.74, 6) is -1.64. The second-order valence-corrected chi connectivity index (χ2v) is 10.9. The van der Waals surface area contributed by atoms with Crippen LogP contribution in [-0.2, 0) is 25.7 Å². The third-order valence-electron chi connectivity index (χ3n) is 6.20. The molecule has 2 N–H and O–H groups in total. The second kappa shape index (κ2) is 9.92. The summed E-state index contributed by atoms with van der Waals surface area (Å²) in [7, 11) is 0. The Bertz CT molecular complexity index is 1450. The van der Waals surface area contributed by atoms with Crippen molar-refractivity contribution < 1.29 is 29.2 Å². The maximum atomic E-state index is 13.2. The summed E-state index contributed by atoms with van der Waals surface area (Å²) in [6, 6.07) is 10.6.